The molecule has 6 heteroatoms. The largest absolute Gasteiger partial charge is 0.375 e. The maximum absolute atomic E-state index is 13.0. The zero-order chi connectivity index (χ0) is 15.2. The molecule has 0 unspecified atom stereocenters. The average Bonchev–Trinajstić information content (AvgIpc) is 2.48. The summed E-state index contributed by atoms with van der Waals surface area (Å²) in [5, 5.41) is 14.5. The molecule has 21 heavy (non-hydrogen) atoms. The molecule has 0 spiro atoms. The summed E-state index contributed by atoms with van der Waals surface area (Å²) >= 11 is 3.33. The van der Waals surface area contributed by atoms with Crippen LogP contribution in [0.2, 0.25) is 0 Å². The van der Waals surface area contributed by atoms with Gasteiger partial charge in [-0.15, -0.1) is 0 Å². The van der Waals surface area contributed by atoms with Gasteiger partial charge in [0.1, 0.15) is 11.9 Å². The van der Waals surface area contributed by atoms with Crippen molar-refractivity contribution in [2.24, 2.45) is 0 Å². The van der Waals surface area contributed by atoms with E-state index in [2.05, 4.69) is 26.6 Å². The molecule has 0 aliphatic rings. The molecule has 106 valence electrons. The molecule has 2 aromatic carbocycles. The number of nitriles is 1. The molecule has 2 N–H and O–H groups in total. The van der Waals surface area contributed by atoms with E-state index in [1.54, 1.807) is 6.07 Å². The first kappa shape index (κ1) is 15.0. The Hall–Kier alpha value is -2.39. The maximum Gasteiger partial charge on any atom is 0.243 e. The number of halogens is 2. The highest BCUT2D eigenvalue weighted by molar-refractivity contribution is 9.10. The van der Waals surface area contributed by atoms with Crippen LogP contribution < -0.4 is 10.6 Å². The summed E-state index contributed by atoms with van der Waals surface area (Å²) in [6, 6.07) is 12.9. The fourth-order valence-corrected chi connectivity index (χ4v) is 2.08. The molecule has 0 aromatic heterocycles. The minimum Gasteiger partial charge on any atom is -0.375 e. The Morgan fingerprint density at radius 1 is 1.24 bits per heavy atom. The summed E-state index contributed by atoms with van der Waals surface area (Å²) in [5.41, 5.74) is 1.23. The van der Waals surface area contributed by atoms with E-state index in [-0.39, 0.29) is 18.0 Å². The van der Waals surface area contributed by atoms with Gasteiger partial charge in [0.15, 0.2) is 0 Å². The van der Waals surface area contributed by atoms with Crippen LogP contribution in [0.25, 0.3) is 0 Å². The fourth-order valence-electron chi connectivity index (χ4n) is 1.70. The van der Waals surface area contributed by atoms with Gasteiger partial charge in [-0.25, -0.2) is 4.39 Å². The van der Waals surface area contributed by atoms with Crippen LogP contribution in [-0.2, 0) is 4.79 Å². The molecule has 1 amide bonds. The van der Waals surface area contributed by atoms with Crippen LogP contribution in [0.4, 0.5) is 15.8 Å². The zero-order valence-corrected chi connectivity index (χ0v) is 12.4. The van der Waals surface area contributed by atoms with E-state index in [9.17, 15) is 9.18 Å². The van der Waals surface area contributed by atoms with Gasteiger partial charge in [-0.05, 0) is 46.3 Å². The van der Waals surface area contributed by atoms with Crippen molar-refractivity contribution in [3.05, 3.63) is 58.3 Å². The predicted octanol–water partition coefficient (Wildman–Crippen LogP) is 3.51. The molecule has 0 aliphatic heterocycles. The Balaban J connectivity index is 1.99. The van der Waals surface area contributed by atoms with Crippen LogP contribution in [0, 0.1) is 17.1 Å². The number of hydrogen-bond donors (Lipinski definition) is 2. The van der Waals surface area contributed by atoms with Crippen molar-refractivity contribution in [1.82, 2.24) is 0 Å². The van der Waals surface area contributed by atoms with Gasteiger partial charge in [0.05, 0.1) is 23.5 Å². The molecule has 0 radical (unpaired) electrons. The Bertz CT molecular complexity index is 712. The first-order valence-electron chi connectivity index (χ1n) is 6.08. The SMILES string of the molecule is N#Cc1cc(F)ccc1NCC(=O)Nc1ccccc1Br. The third-order valence-electron chi connectivity index (χ3n) is 2.69. The molecule has 0 saturated carbocycles. The van der Waals surface area contributed by atoms with Crippen molar-refractivity contribution in [2.45, 2.75) is 0 Å². The summed E-state index contributed by atoms with van der Waals surface area (Å²) < 4.78 is 13.8. The average molecular weight is 348 g/mol. The quantitative estimate of drug-likeness (QED) is 0.889. The number of hydrogen-bond acceptors (Lipinski definition) is 3. The van der Waals surface area contributed by atoms with E-state index in [1.165, 1.54) is 12.1 Å². The minimum atomic E-state index is -0.491. The van der Waals surface area contributed by atoms with E-state index in [4.69, 9.17) is 5.26 Å². The Kier molecular flexibility index (Phi) is 4.90. The standard InChI is InChI=1S/C15H11BrFN3O/c16-12-3-1-2-4-14(12)20-15(21)9-19-13-6-5-11(17)7-10(13)8-18/h1-7,19H,9H2,(H,20,21). The van der Waals surface area contributed by atoms with Gasteiger partial charge in [-0.3, -0.25) is 4.79 Å². The Labute approximate surface area is 129 Å². The fraction of sp³-hybridized carbons (Fsp3) is 0.0667. The van der Waals surface area contributed by atoms with Gasteiger partial charge in [0, 0.05) is 4.47 Å². The van der Waals surface area contributed by atoms with E-state index in [1.807, 2.05) is 24.3 Å². The number of nitrogens with zero attached hydrogens (tertiary/aromatic N) is 1. The minimum absolute atomic E-state index is 0.0261. The summed E-state index contributed by atoms with van der Waals surface area (Å²) in [4.78, 5) is 11.9. The highest BCUT2D eigenvalue weighted by Gasteiger charge is 2.07. The van der Waals surface area contributed by atoms with Crippen LogP contribution in [0.15, 0.2) is 46.9 Å². The lowest BCUT2D eigenvalue weighted by Gasteiger charge is -2.10. The van der Waals surface area contributed by atoms with Gasteiger partial charge in [0.2, 0.25) is 5.91 Å². The van der Waals surface area contributed by atoms with Crippen LogP contribution >= 0.6 is 15.9 Å². The number of amides is 1. The monoisotopic (exact) mass is 347 g/mol. The summed E-state index contributed by atoms with van der Waals surface area (Å²) in [6.07, 6.45) is 0. The van der Waals surface area contributed by atoms with Crippen LogP contribution in [0.5, 0.6) is 0 Å². The highest BCUT2D eigenvalue weighted by atomic mass is 79.9. The molecule has 4 nitrogen and oxygen atoms in total. The maximum atomic E-state index is 13.0. The first-order chi connectivity index (χ1) is 10.1. The molecular weight excluding hydrogens is 337 g/mol. The first-order valence-corrected chi connectivity index (χ1v) is 6.87. The molecule has 2 rings (SSSR count). The second-order valence-corrected chi connectivity index (χ2v) is 5.04. The van der Waals surface area contributed by atoms with Crippen LogP contribution in [0.1, 0.15) is 5.56 Å². The Morgan fingerprint density at radius 3 is 2.71 bits per heavy atom. The number of benzene rings is 2. The number of nitrogens with one attached hydrogen (secondary N) is 2. The zero-order valence-electron chi connectivity index (χ0n) is 10.9. The van der Waals surface area contributed by atoms with E-state index in [0.29, 0.717) is 11.4 Å². The third kappa shape index (κ3) is 4.04. The lowest BCUT2D eigenvalue weighted by Crippen LogP contribution is -2.22. The molecule has 0 heterocycles. The number of carbonyl (C=O) groups is 1. The molecule has 0 bridgehead atoms. The van der Waals surface area contributed by atoms with E-state index < -0.39 is 5.82 Å². The van der Waals surface area contributed by atoms with E-state index in [0.717, 1.165) is 10.5 Å². The molecule has 0 fully saturated rings. The van der Waals surface area contributed by atoms with Crippen molar-refractivity contribution in [2.75, 3.05) is 17.2 Å². The van der Waals surface area contributed by atoms with Crippen molar-refractivity contribution < 1.29 is 9.18 Å². The van der Waals surface area contributed by atoms with Crippen molar-refractivity contribution >= 4 is 33.2 Å². The molecule has 0 atom stereocenters. The van der Waals surface area contributed by atoms with Gasteiger partial charge < -0.3 is 10.6 Å². The molecule has 0 saturated heterocycles. The molecular formula is C15H11BrFN3O. The lowest BCUT2D eigenvalue weighted by molar-refractivity contribution is -0.114. The second-order valence-electron chi connectivity index (χ2n) is 4.18. The van der Waals surface area contributed by atoms with Gasteiger partial charge in [-0.1, -0.05) is 12.1 Å². The number of para-hydroxylation sites is 1. The predicted molar refractivity (Wildman–Crippen MR) is 82.4 cm³/mol. The van der Waals surface area contributed by atoms with Crippen LogP contribution in [-0.4, -0.2) is 12.5 Å². The van der Waals surface area contributed by atoms with Gasteiger partial charge in [0.25, 0.3) is 0 Å². The highest BCUT2D eigenvalue weighted by Crippen LogP contribution is 2.21. The summed E-state index contributed by atoms with van der Waals surface area (Å²) in [5.74, 6) is -0.759. The van der Waals surface area contributed by atoms with Gasteiger partial charge >= 0.3 is 0 Å². The molecule has 0 aliphatic carbocycles. The summed E-state index contributed by atoms with van der Waals surface area (Å²) in [7, 11) is 0. The second kappa shape index (κ2) is 6.86. The molecule has 2 aromatic rings. The van der Waals surface area contributed by atoms with Crippen molar-refractivity contribution in [3.8, 4) is 6.07 Å². The van der Waals surface area contributed by atoms with Crippen molar-refractivity contribution in [3.63, 3.8) is 0 Å². The topological polar surface area (TPSA) is 64.9 Å². The number of rotatable bonds is 4. The number of carbonyl (C=O) groups excluding carboxylic acids is 1. The smallest absolute Gasteiger partial charge is 0.243 e. The van der Waals surface area contributed by atoms with Crippen molar-refractivity contribution in [1.29, 1.82) is 5.26 Å². The third-order valence-corrected chi connectivity index (χ3v) is 3.38. The lowest BCUT2D eigenvalue weighted by atomic mass is 10.2. The van der Waals surface area contributed by atoms with Gasteiger partial charge in [-0.2, -0.15) is 5.26 Å². The number of anilines is 2. The Morgan fingerprint density at radius 2 is 2.00 bits per heavy atom. The normalized spacial score (nSPS) is 9.76. The summed E-state index contributed by atoms with van der Waals surface area (Å²) in [6.45, 7) is -0.0261. The van der Waals surface area contributed by atoms with Crippen LogP contribution in [0.3, 0.4) is 0 Å². The van der Waals surface area contributed by atoms with E-state index >= 15 is 0 Å².